The van der Waals surface area contributed by atoms with E-state index in [0.29, 0.717) is 5.92 Å². The average molecular weight is 519 g/mol. The van der Waals surface area contributed by atoms with Crippen LogP contribution in [0, 0.1) is 5.92 Å². The number of aromatic nitrogens is 2. The summed E-state index contributed by atoms with van der Waals surface area (Å²) in [5, 5.41) is 0. The predicted molar refractivity (Wildman–Crippen MR) is 173 cm³/mol. The Morgan fingerprint density at radius 2 is 1.53 bits per heavy atom. The number of allylic oxidation sites excluding steroid dienone is 5. The van der Waals surface area contributed by atoms with Crippen LogP contribution in [0.2, 0.25) is 0 Å². The molecule has 0 fully saturated rings. The van der Waals surface area contributed by atoms with Gasteiger partial charge in [-0.05, 0) is 85.6 Å². The minimum absolute atomic E-state index is 0.716. The third-order valence-electron chi connectivity index (χ3n) is 6.53. The molecule has 1 aliphatic rings. The lowest BCUT2D eigenvalue weighted by Crippen LogP contribution is -2.04. The highest BCUT2D eigenvalue weighted by Gasteiger charge is 2.17. The maximum absolute atomic E-state index is 4.78. The highest BCUT2D eigenvalue weighted by Crippen LogP contribution is 2.34. The van der Waals surface area contributed by atoms with Crippen molar-refractivity contribution in [3.05, 3.63) is 76.9 Å². The number of nitrogens with zero attached hydrogens (tertiary/aromatic N) is 2. The number of hydrogen-bond donors (Lipinski definition) is 0. The van der Waals surface area contributed by atoms with Gasteiger partial charge in [-0.15, -0.1) is 6.58 Å². The van der Waals surface area contributed by atoms with Crippen molar-refractivity contribution in [2.45, 2.75) is 128 Å². The van der Waals surface area contributed by atoms with Crippen molar-refractivity contribution in [2.24, 2.45) is 5.92 Å². The first-order valence-electron chi connectivity index (χ1n) is 15.3. The van der Waals surface area contributed by atoms with Crippen LogP contribution in [-0.2, 0) is 12.8 Å². The summed E-state index contributed by atoms with van der Waals surface area (Å²) in [5.41, 5.74) is 11.0. The fraction of sp³-hybridized carbons (Fsp3) is 0.556. The van der Waals surface area contributed by atoms with E-state index in [-0.39, 0.29) is 0 Å². The number of aryl methyl sites for hydroxylation is 1. The van der Waals surface area contributed by atoms with Gasteiger partial charge in [0.15, 0.2) is 5.82 Å². The van der Waals surface area contributed by atoms with Crippen LogP contribution < -0.4 is 0 Å². The maximum Gasteiger partial charge on any atom is 0.155 e. The van der Waals surface area contributed by atoms with E-state index in [2.05, 4.69) is 72.4 Å². The average Bonchev–Trinajstić information content (AvgIpc) is 2.95. The molecule has 38 heavy (non-hydrogen) atoms. The molecule has 0 amide bonds. The molecule has 1 aromatic carbocycles. The summed E-state index contributed by atoms with van der Waals surface area (Å²) < 4.78 is 0. The van der Waals surface area contributed by atoms with Crippen LogP contribution in [0.1, 0.15) is 132 Å². The van der Waals surface area contributed by atoms with E-state index in [0.717, 1.165) is 49.9 Å². The molecule has 0 unspecified atom stereocenters. The monoisotopic (exact) mass is 518 g/mol. The number of hydrogen-bond acceptors (Lipinski definition) is 2. The predicted octanol–water partition coefficient (Wildman–Crippen LogP) is 11.6. The van der Waals surface area contributed by atoms with Gasteiger partial charge in [0.05, 0.1) is 0 Å². The van der Waals surface area contributed by atoms with Crippen LogP contribution >= 0.6 is 0 Å². The lowest BCUT2D eigenvalue weighted by atomic mass is 9.86. The summed E-state index contributed by atoms with van der Waals surface area (Å²) in [6.07, 6.45) is 15.4. The summed E-state index contributed by atoms with van der Waals surface area (Å²) in [5.74, 6) is 1.61. The molecule has 1 heterocycles. The molecule has 0 radical (unpaired) electrons. The van der Waals surface area contributed by atoms with E-state index in [1.807, 2.05) is 47.0 Å². The normalized spacial score (nSPS) is 12.4. The molecule has 2 nitrogen and oxygen atoms in total. The van der Waals surface area contributed by atoms with Crippen LogP contribution in [0.4, 0.5) is 0 Å². The fourth-order valence-corrected chi connectivity index (χ4v) is 4.54. The summed E-state index contributed by atoms with van der Waals surface area (Å²) in [4.78, 5) is 9.57. The molecule has 212 valence electrons. The molecule has 0 saturated heterocycles. The zero-order valence-corrected chi connectivity index (χ0v) is 26.8. The molecular weight excluding hydrogens is 460 g/mol. The van der Waals surface area contributed by atoms with Crippen LogP contribution in [0.15, 0.2) is 60.0 Å². The molecule has 0 saturated carbocycles. The van der Waals surface area contributed by atoms with Gasteiger partial charge in [0.1, 0.15) is 0 Å². The highest BCUT2D eigenvalue weighted by molar-refractivity contribution is 5.70. The van der Waals surface area contributed by atoms with E-state index in [1.54, 1.807) is 5.57 Å². The summed E-state index contributed by atoms with van der Waals surface area (Å²) in [7, 11) is 0. The quantitative estimate of drug-likeness (QED) is 0.308. The Labute approximate surface area is 236 Å². The van der Waals surface area contributed by atoms with Crippen molar-refractivity contribution in [1.29, 1.82) is 0 Å². The first-order chi connectivity index (χ1) is 18.3. The first-order valence-corrected chi connectivity index (χ1v) is 15.3. The number of benzene rings is 1. The molecule has 0 aliphatic heterocycles. The molecule has 0 atom stereocenters. The largest absolute Gasteiger partial charge is 0.236 e. The summed E-state index contributed by atoms with van der Waals surface area (Å²) in [6.45, 7) is 27.2. The Morgan fingerprint density at radius 3 is 2.00 bits per heavy atom. The van der Waals surface area contributed by atoms with Crippen molar-refractivity contribution in [3.63, 3.8) is 0 Å². The van der Waals surface area contributed by atoms with Crippen molar-refractivity contribution >= 4 is 5.57 Å². The van der Waals surface area contributed by atoms with Crippen LogP contribution in [0.5, 0.6) is 0 Å². The molecule has 1 aromatic heterocycles. The zero-order chi connectivity index (χ0) is 29.1. The first kappa shape index (κ1) is 35.5. The molecule has 2 aromatic rings. The second-order valence-corrected chi connectivity index (χ2v) is 9.90. The number of rotatable bonds is 9. The highest BCUT2D eigenvalue weighted by atomic mass is 14.9. The van der Waals surface area contributed by atoms with E-state index < -0.39 is 0 Å². The van der Waals surface area contributed by atoms with Gasteiger partial charge in [0, 0.05) is 18.0 Å². The third kappa shape index (κ3) is 11.5. The minimum atomic E-state index is 0.716. The molecule has 0 spiro atoms. The van der Waals surface area contributed by atoms with Crippen molar-refractivity contribution in [2.75, 3.05) is 0 Å². The van der Waals surface area contributed by atoms with Gasteiger partial charge in [-0.2, -0.15) is 0 Å². The molecule has 0 N–H and O–H groups in total. The van der Waals surface area contributed by atoms with Gasteiger partial charge < -0.3 is 0 Å². The van der Waals surface area contributed by atoms with Crippen LogP contribution in [-0.4, -0.2) is 9.97 Å². The van der Waals surface area contributed by atoms with E-state index in [1.165, 1.54) is 46.3 Å². The van der Waals surface area contributed by atoms with Gasteiger partial charge in [-0.3, -0.25) is 0 Å². The molecule has 3 rings (SSSR count). The van der Waals surface area contributed by atoms with Gasteiger partial charge in [-0.25, -0.2) is 9.97 Å². The summed E-state index contributed by atoms with van der Waals surface area (Å²) in [6, 6.07) is 6.65. The standard InChI is InChI=1S/C27H36N2.C5H10.2C2H6/c1-6-10-21-11-9-12-26(25(21)8-3)24-17-28-27(29-18-24)23-14-13-22(15-19(4)5)20(7-2)16-23;1-4-5(2)3;2*1-2/h9,11-12,16-19H,6-8,10,13-15H2,1-5H3;2,4H2,1,3H3;2*1-2H3. The van der Waals surface area contributed by atoms with Gasteiger partial charge >= 0.3 is 0 Å². The van der Waals surface area contributed by atoms with E-state index in [9.17, 15) is 0 Å². The molecule has 0 bridgehead atoms. The molecule has 1 aliphatic carbocycles. The SMILES string of the molecule is C=C(C)CC.CC.CC.CCCc1cccc(-c2cnc(C3=CC(CC)=C(CC(C)C)CC3)nc2)c1CC. The lowest BCUT2D eigenvalue weighted by Gasteiger charge is -2.21. The third-order valence-corrected chi connectivity index (χ3v) is 6.53. The van der Waals surface area contributed by atoms with Gasteiger partial charge in [-0.1, -0.05) is 111 Å². The molecule has 2 heteroatoms. The maximum atomic E-state index is 4.78. The second-order valence-electron chi connectivity index (χ2n) is 9.90. The zero-order valence-electron chi connectivity index (χ0n) is 26.8. The second kappa shape index (κ2) is 20.5. The van der Waals surface area contributed by atoms with E-state index >= 15 is 0 Å². The van der Waals surface area contributed by atoms with Crippen molar-refractivity contribution < 1.29 is 0 Å². The van der Waals surface area contributed by atoms with Crippen molar-refractivity contribution in [3.8, 4) is 11.1 Å². The fourth-order valence-electron chi connectivity index (χ4n) is 4.54. The Bertz CT molecular complexity index is 991. The minimum Gasteiger partial charge on any atom is -0.236 e. The van der Waals surface area contributed by atoms with E-state index in [4.69, 9.17) is 9.97 Å². The van der Waals surface area contributed by atoms with Crippen LogP contribution in [0.25, 0.3) is 16.7 Å². The summed E-state index contributed by atoms with van der Waals surface area (Å²) >= 11 is 0. The molecular formula is C36H58N2. The Kier molecular flexibility index (Phi) is 19.1. The Balaban J connectivity index is 0.00000134. The lowest BCUT2D eigenvalue weighted by molar-refractivity contribution is 0.618. The smallest absolute Gasteiger partial charge is 0.155 e. The van der Waals surface area contributed by atoms with Gasteiger partial charge in [0.2, 0.25) is 0 Å². The van der Waals surface area contributed by atoms with Crippen LogP contribution in [0.3, 0.4) is 0 Å². The topological polar surface area (TPSA) is 25.8 Å². The van der Waals surface area contributed by atoms with Crippen molar-refractivity contribution in [1.82, 2.24) is 9.97 Å². The Morgan fingerprint density at radius 1 is 0.921 bits per heavy atom. The van der Waals surface area contributed by atoms with Gasteiger partial charge in [0.25, 0.3) is 0 Å². The Hall–Kier alpha value is -2.48.